The quantitative estimate of drug-likeness (QED) is 0.596. The first-order valence-electron chi connectivity index (χ1n) is 5.59. The molecule has 0 nitrogen and oxygen atoms in total. The normalized spacial score (nSPS) is 34.8. The lowest BCUT2D eigenvalue weighted by Gasteiger charge is -2.04. The van der Waals surface area contributed by atoms with Crippen LogP contribution in [0.1, 0.15) is 47.5 Å². The predicted octanol–water partition coefficient (Wildman–Crippen LogP) is 3.96. The molecule has 0 heteroatoms. The van der Waals surface area contributed by atoms with Crippen LogP contribution in [0.2, 0.25) is 0 Å². The number of rotatable bonds is 4. The molecule has 1 rings (SSSR count). The fourth-order valence-electron chi connectivity index (χ4n) is 3.02. The van der Waals surface area contributed by atoms with Gasteiger partial charge in [-0.25, -0.2) is 0 Å². The van der Waals surface area contributed by atoms with Crippen LogP contribution in [-0.2, 0) is 0 Å². The first-order valence-corrected chi connectivity index (χ1v) is 5.59. The van der Waals surface area contributed by atoms with E-state index in [9.17, 15) is 0 Å². The largest absolute Gasteiger partial charge is 0.0654 e. The van der Waals surface area contributed by atoms with Crippen LogP contribution in [0.3, 0.4) is 0 Å². The molecule has 0 N–H and O–H groups in total. The van der Waals surface area contributed by atoms with Crippen molar-refractivity contribution in [2.75, 3.05) is 0 Å². The van der Waals surface area contributed by atoms with Crippen LogP contribution in [0.25, 0.3) is 0 Å². The average Bonchev–Trinajstić information content (AvgIpc) is 2.63. The molecule has 2 unspecified atom stereocenters. The molecule has 0 aromatic carbocycles. The molecular formula is C12H24. The summed E-state index contributed by atoms with van der Waals surface area (Å²) in [5.41, 5.74) is 0. The second-order valence-electron chi connectivity index (χ2n) is 5.10. The lowest BCUT2D eigenvalue weighted by Crippen LogP contribution is -1.97. The van der Waals surface area contributed by atoms with E-state index in [1.165, 1.54) is 12.8 Å². The molecule has 0 amide bonds. The lowest BCUT2D eigenvalue weighted by molar-refractivity contribution is 0.448. The Morgan fingerprint density at radius 3 is 1.58 bits per heavy atom. The summed E-state index contributed by atoms with van der Waals surface area (Å²) in [6.07, 6.45) is 2.84. The van der Waals surface area contributed by atoms with E-state index < -0.39 is 0 Å². The number of hydrogen-bond acceptors (Lipinski definition) is 0. The Morgan fingerprint density at radius 2 is 1.33 bits per heavy atom. The third-order valence-electron chi connectivity index (χ3n) is 3.45. The second kappa shape index (κ2) is 3.81. The Bertz CT molecular complexity index is 121. The smallest absolute Gasteiger partial charge is 0.0326 e. The van der Waals surface area contributed by atoms with Crippen LogP contribution in [0, 0.1) is 29.6 Å². The molecule has 1 aliphatic carbocycles. The first-order chi connectivity index (χ1) is 5.59. The van der Waals surface area contributed by atoms with E-state index >= 15 is 0 Å². The molecule has 1 saturated carbocycles. The standard InChI is InChI=1S/C12H24/c1-6-7-10-11(8(2)3)12(10)9(4)5/h8-12H,6-7H2,1-5H3. The van der Waals surface area contributed by atoms with Gasteiger partial charge in [0.25, 0.3) is 0 Å². The zero-order chi connectivity index (χ0) is 9.30. The molecule has 0 radical (unpaired) electrons. The molecule has 72 valence electrons. The van der Waals surface area contributed by atoms with E-state index in [2.05, 4.69) is 34.6 Å². The van der Waals surface area contributed by atoms with E-state index in [4.69, 9.17) is 0 Å². The SMILES string of the molecule is CCCC1C(C(C)C)C1C(C)C. The van der Waals surface area contributed by atoms with Crippen LogP contribution in [0.4, 0.5) is 0 Å². The Hall–Kier alpha value is 0. The molecule has 2 atom stereocenters. The Balaban J connectivity index is 2.43. The minimum absolute atomic E-state index is 0.911. The van der Waals surface area contributed by atoms with Crippen LogP contribution in [0.15, 0.2) is 0 Å². The molecular weight excluding hydrogens is 144 g/mol. The van der Waals surface area contributed by atoms with Gasteiger partial charge in [0.2, 0.25) is 0 Å². The van der Waals surface area contributed by atoms with Crippen molar-refractivity contribution in [3.05, 3.63) is 0 Å². The minimum Gasteiger partial charge on any atom is -0.0654 e. The summed E-state index contributed by atoms with van der Waals surface area (Å²) in [6.45, 7) is 11.9. The Kier molecular flexibility index (Phi) is 3.20. The highest BCUT2D eigenvalue weighted by molar-refractivity contribution is 4.99. The molecule has 1 fully saturated rings. The van der Waals surface area contributed by atoms with Gasteiger partial charge in [0.05, 0.1) is 0 Å². The first kappa shape index (κ1) is 10.1. The van der Waals surface area contributed by atoms with Crippen molar-refractivity contribution in [1.82, 2.24) is 0 Å². The van der Waals surface area contributed by atoms with Gasteiger partial charge in [0.1, 0.15) is 0 Å². The second-order valence-corrected chi connectivity index (χ2v) is 5.10. The number of hydrogen-bond donors (Lipinski definition) is 0. The summed E-state index contributed by atoms with van der Waals surface area (Å²) in [5, 5.41) is 0. The van der Waals surface area contributed by atoms with Crippen LogP contribution < -0.4 is 0 Å². The van der Waals surface area contributed by atoms with E-state index in [0.717, 1.165) is 29.6 Å². The van der Waals surface area contributed by atoms with Gasteiger partial charge in [-0.1, -0.05) is 47.5 Å². The van der Waals surface area contributed by atoms with Crippen molar-refractivity contribution in [2.45, 2.75) is 47.5 Å². The Morgan fingerprint density at radius 1 is 0.917 bits per heavy atom. The highest BCUT2D eigenvalue weighted by Gasteiger charge is 2.51. The summed E-state index contributed by atoms with van der Waals surface area (Å²) in [4.78, 5) is 0. The third kappa shape index (κ3) is 1.84. The average molecular weight is 168 g/mol. The van der Waals surface area contributed by atoms with Crippen molar-refractivity contribution in [2.24, 2.45) is 29.6 Å². The third-order valence-corrected chi connectivity index (χ3v) is 3.45. The van der Waals surface area contributed by atoms with Gasteiger partial charge in [-0.05, 0) is 29.6 Å². The molecule has 0 aliphatic heterocycles. The molecule has 0 bridgehead atoms. The fourth-order valence-corrected chi connectivity index (χ4v) is 3.02. The highest BCUT2D eigenvalue weighted by atomic mass is 14.6. The summed E-state index contributed by atoms with van der Waals surface area (Å²) in [7, 11) is 0. The molecule has 0 aromatic rings. The lowest BCUT2D eigenvalue weighted by atomic mass is 10.0. The van der Waals surface area contributed by atoms with Crippen molar-refractivity contribution in [3.63, 3.8) is 0 Å². The maximum atomic E-state index is 2.38. The van der Waals surface area contributed by atoms with Gasteiger partial charge < -0.3 is 0 Å². The van der Waals surface area contributed by atoms with Crippen molar-refractivity contribution in [3.8, 4) is 0 Å². The van der Waals surface area contributed by atoms with Gasteiger partial charge in [-0.15, -0.1) is 0 Å². The van der Waals surface area contributed by atoms with Crippen molar-refractivity contribution < 1.29 is 0 Å². The van der Waals surface area contributed by atoms with Gasteiger partial charge >= 0.3 is 0 Å². The topological polar surface area (TPSA) is 0 Å². The van der Waals surface area contributed by atoms with Gasteiger partial charge in [0, 0.05) is 0 Å². The minimum atomic E-state index is 0.911. The maximum absolute atomic E-state index is 2.38. The molecule has 0 aromatic heterocycles. The van der Waals surface area contributed by atoms with Crippen molar-refractivity contribution in [1.29, 1.82) is 0 Å². The zero-order valence-corrected chi connectivity index (χ0v) is 9.30. The van der Waals surface area contributed by atoms with Crippen LogP contribution in [0.5, 0.6) is 0 Å². The molecule has 0 spiro atoms. The molecule has 1 aliphatic rings. The van der Waals surface area contributed by atoms with E-state index in [0.29, 0.717) is 0 Å². The highest BCUT2D eigenvalue weighted by Crippen LogP contribution is 2.56. The summed E-state index contributed by atoms with van der Waals surface area (Å²) < 4.78 is 0. The van der Waals surface area contributed by atoms with E-state index in [1.807, 2.05) is 0 Å². The van der Waals surface area contributed by atoms with E-state index in [1.54, 1.807) is 0 Å². The van der Waals surface area contributed by atoms with Gasteiger partial charge in [0.15, 0.2) is 0 Å². The Labute approximate surface area is 77.7 Å². The monoisotopic (exact) mass is 168 g/mol. The van der Waals surface area contributed by atoms with Crippen molar-refractivity contribution >= 4 is 0 Å². The van der Waals surface area contributed by atoms with Crippen LogP contribution in [-0.4, -0.2) is 0 Å². The van der Waals surface area contributed by atoms with Gasteiger partial charge in [-0.3, -0.25) is 0 Å². The summed E-state index contributed by atoms with van der Waals surface area (Å²) >= 11 is 0. The summed E-state index contributed by atoms with van der Waals surface area (Å²) in [6, 6.07) is 0. The predicted molar refractivity (Wildman–Crippen MR) is 55.1 cm³/mol. The molecule has 12 heavy (non-hydrogen) atoms. The van der Waals surface area contributed by atoms with Gasteiger partial charge in [-0.2, -0.15) is 0 Å². The molecule has 0 heterocycles. The zero-order valence-electron chi connectivity index (χ0n) is 9.30. The summed E-state index contributed by atoms with van der Waals surface area (Å²) in [5.74, 6) is 4.98. The molecule has 0 saturated heterocycles. The van der Waals surface area contributed by atoms with E-state index in [-0.39, 0.29) is 0 Å². The fraction of sp³-hybridized carbons (Fsp3) is 1.00. The maximum Gasteiger partial charge on any atom is -0.0326 e. The van der Waals surface area contributed by atoms with Crippen LogP contribution >= 0.6 is 0 Å².